The number of nitrogens with zero attached hydrogens (tertiary/aromatic N) is 12. The summed E-state index contributed by atoms with van der Waals surface area (Å²) in [5, 5.41) is 0. The first-order chi connectivity index (χ1) is 55.6. The van der Waals surface area contributed by atoms with Crippen molar-refractivity contribution in [2.75, 3.05) is 0 Å². The Kier molecular flexibility index (Phi) is 19.6. The number of rotatable bonds is 0. The fourth-order valence-electron chi connectivity index (χ4n) is 12.7. The van der Waals surface area contributed by atoms with Gasteiger partial charge in [-0.15, -0.1) is 0 Å². The first-order valence-electron chi connectivity index (χ1n) is 33.6. The minimum Gasteiger partial charge on any atom is -0.351 e. The number of fused-ring (bicyclic) bond motifs is 32. The van der Waals surface area contributed by atoms with Gasteiger partial charge in [-0.2, -0.15) is 19.2 Å². The van der Waals surface area contributed by atoms with E-state index < -0.39 is 178 Å². The van der Waals surface area contributed by atoms with E-state index >= 15 is 0 Å². The normalized spacial score (nSPS) is 12.6. The van der Waals surface area contributed by atoms with E-state index in [4.69, 9.17) is 0 Å². The summed E-state index contributed by atoms with van der Waals surface area (Å²) in [7, 11) is 0. The molecule has 0 radical (unpaired) electrons. The third kappa shape index (κ3) is 14.3. The summed E-state index contributed by atoms with van der Waals surface area (Å²) < 4.78 is 289. The molecule has 0 spiro atoms. The van der Waals surface area contributed by atoms with Gasteiger partial charge in [-0.3, -0.25) is 0 Å². The number of H-pyrrole nitrogens is 4. The van der Waals surface area contributed by atoms with Crippen LogP contribution in [0, 0.1) is 93.1 Å². The van der Waals surface area contributed by atoms with E-state index in [1.165, 1.54) is 48.6 Å². The van der Waals surface area contributed by atoms with Crippen LogP contribution >= 0.6 is 0 Å². The SMILES string of the molecule is Fc1cc2cc3nc(cc4nc(cc5c(F)c(F)c(c(F)c1[nH]2)n5F)C=C4)C=C3.Fc1cc2cc3nc(cc4nc(cc5c(F)c(F)c(c(F)c1[nH]2)n5F)C=C4)C=C3.Fc1cc2cc3nc(cc4nc(cc5c(F)c(F)c(c(F)c1[nH]2)n5F)C=C4)C=C3.Fc1cc2cc3nc(cc4nc(cc5c(F)c(F)c(c(F)c1[nH]2)n5F)C=C4)C=C3.[Pt]. The van der Waals surface area contributed by atoms with Crippen LogP contribution in [0.25, 0.3) is 185 Å². The fraction of sp³-hybridized carbons (Fsp3) is 0. The standard InChI is InChI=1S/4C20H9F5N4.Pt/c4*21-14-7-13-6-11-2-1-9(26-11)5-10-3-4-12(27-10)8-15-16(22)17(23)20(29(15)25)18(24)19(14)28-13;/h4*1-8,28H;. The molecule has 4 N–H and O–H groups in total. The molecule has 37 heteroatoms. The van der Waals surface area contributed by atoms with Crippen molar-refractivity contribution in [3.63, 3.8) is 0 Å². The van der Waals surface area contributed by atoms with Crippen LogP contribution in [-0.2, 0) is 21.1 Å². The summed E-state index contributed by atoms with van der Waals surface area (Å²) in [6, 6.07) is 19.7. The average molecular weight is 1800 g/mol. The maximum atomic E-state index is 14.8. The zero-order chi connectivity index (χ0) is 81.1. The van der Waals surface area contributed by atoms with Crippen molar-refractivity contribution >= 4 is 185 Å². The van der Waals surface area contributed by atoms with Crippen LogP contribution in [0.2, 0.25) is 0 Å². The maximum Gasteiger partial charge on any atom is 0.190 e. The predicted octanol–water partition coefficient (Wildman–Crippen LogP) is 21.7. The summed E-state index contributed by atoms with van der Waals surface area (Å²) in [5.74, 6) is -24.4. The van der Waals surface area contributed by atoms with Gasteiger partial charge >= 0.3 is 0 Å². The fourth-order valence-corrected chi connectivity index (χ4v) is 12.7. The van der Waals surface area contributed by atoms with E-state index in [0.717, 1.165) is 48.5 Å². The molecule has 12 aromatic rings. The van der Waals surface area contributed by atoms with Gasteiger partial charge < -0.3 is 19.9 Å². The Hall–Kier alpha value is -14.3. The van der Waals surface area contributed by atoms with Gasteiger partial charge in [0.05, 0.1) is 91.1 Å². The molecule has 0 fully saturated rings. The first kappa shape index (κ1) is 76.7. The molecular formula is C80H36F20N16Pt. The van der Waals surface area contributed by atoms with Crippen molar-refractivity contribution in [2.24, 2.45) is 0 Å². The van der Waals surface area contributed by atoms with Gasteiger partial charge in [0, 0.05) is 43.1 Å². The molecule has 32 bridgehead atoms. The van der Waals surface area contributed by atoms with Crippen LogP contribution in [0.4, 0.5) is 88.2 Å². The molecule has 12 aromatic heterocycles. The van der Waals surface area contributed by atoms with Crippen molar-refractivity contribution in [3.8, 4) is 0 Å². The number of hydrogen-bond donors (Lipinski definition) is 4. The van der Waals surface area contributed by atoms with Crippen molar-refractivity contribution in [1.82, 2.24) is 79.0 Å². The summed E-state index contributed by atoms with van der Waals surface area (Å²) in [6.07, 6.45) is 25.6. The third-order valence-electron chi connectivity index (χ3n) is 18.0. The smallest absolute Gasteiger partial charge is 0.190 e. The summed E-state index contributed by atoms with van der Waals surface area (Å²) in [6.45, 7) is 0. The van der Waals surface area contributed by atoms with E-state index in [2.05, 4.69) is 59.8 Å². The Morgan fingerprint density at radius 1 is 0.179 bits per heavy atom. The van der Waals surface area contributed by atoms with Gasteiger partial charge in [-0.05, 0) is 194 Å². The first-order valence-corrected chi connectivity index (χ1v) is 33.6. The van der Waals surface area contributed by atoms with Crippen LogP contribution in [0.3, 0.4) is 0 Å². The second-order valence-electron chi connectivity index (χ2n) is 25.7. The zero-order valence-corrected chi connectivity index (χ0v) is 60.0. The predicted molar refractivity (Wildman–Crippen MR) is 395 cm³/mol. The molecule has 8 aliphatic heterocycles. The van der Waals surface area contributed by atoms with Crippen molar-refractivity contribution in [1.29, 1.82) is 0 Å². The van der Waals surface area contributed by atoms with E-state index in [0.29, 0.717) is 68.3 Å². The molecule has 20 heterocycles. The molecule has 0 saturated heterocycles. The number of aromatic amines is 4. The molecule has 0 unspecified atom stereocenters. The van der Waals surface area contributed by atoms with E-state index in [1.807, 2.05) is 0 Å². The molecule has 16 nitrogen and oxygen atoms in total. The van der Waals surface area contributed by atoms with Gasteiger partial charge in [0.2, 0.25) is 0 Å². The molecule has 0 atom stereocenters. The molecular weight excluding hydrogens is 1760 g/mol. The van der Waals surface area contributed by atoms with Crippen molar-refractivity contribution < 1.29 is 109 Å². The Morgan fingerprint density at radius 3 is 0.487 bits per heavy atom. The van der Waals surface area contributed by atoms with Crippen LogP contribution in [-0.4, -0.2) is 79.0 Å². The largest absolute Gasteiger partial charge is 0.351 e. The maximum absolute atomic E-state index is 14.8. The Labute approximate surface area is 651 Å². The Bertz CT molecular complexity index is 6520. The van der Waals surface area contributed by atoms with E-state index in [9.17, 15) is 88.2 Å². The molecule has 0 aliphatic carbocycles. The van der Waals surface area contributed by atoms with Gasteiger partial charge in [-0.1, -0.05) is 17.9 Å². The van der Waals surface area contributed by atoms with Crippen LogP contribution in [0.15, 0.2) is 97.1 Å². The van der Waals surface area contributed by atoms with Gasteiger partial charge in [0.15, 0.2) is 115 Å². The van der Waals surface area contributed by atoms with Gasteiger partial charge in [0.25, 0.3) is 0 Å². The van der Waals surface area contributed by atoms with Crippen LogP contribution in [0.5, 0.6) is 0 Å². The van der Waals surface area contributed by atoms with Gasteiger partial charge in [0.1, 0.15) is 44.1 Å². The van der Waals surface area contributed by atoms with Crippen LogP contribution < -0.4 is 0 Å². The Balaban J connectivity index is 0.000000116. The molecule has 586 valence electrons. The molecule has 0 saturated carbocycles. The topological polar surface area (TPSA) is 186 Å². The second kappa shape index (κ2) is 29.9. The molecule has 117 heavy (non-hydrogen) atoms. The number of aromatic nitrogens is 16. The van der Waals surface area contributed by atoms with E-state index in [1.54, 1.807) is 97.2 Å². The number of nitrogens with one attached hydrogen (secondary N) is 4. The van der Waals surface area contributed by atoms with Gasteiger partial charge in [-0.25, -0.2) is 110 Å². The minimum atomic E-state index is -1.78. The molecule has 0 amide bonds. The quantitative estimate of drug-likeness (QED) is 0.108. The summed E-state index contributed by atoms with van der Waals surface area (Å²) in [4.78, 5) is 41.5. The minimum absolute atomic E-state index is 0. The monoisotopic (exact) mass is 1800 g/mol. The zero-order valence-electron chi connectivity index (χ0n) is 57.7. The number of hydrogen-bond acceptors (Lipinski definition) is 8. The molecule has 20 rings (SSSR count). The average Bonchev–Trinajstić information content (AvgIpc) is 1.63. The third-order valence-corrected chi connectivity index (χ3v) is 18.0. The summed E-state index contributed by atoms with van der Waals surface area (Å²) in [5.41, 5.74) is -5.44. The van der Waals surface area contributed by atoms with E-state index in [-0.39, 0.29) is 65.9 Å². The van der Waals surface area contributed by atoms with Crippen molar-refractivity contribution in [2.45, 2.75) is 0 Å². The molecule has 0 aromatic carbocycles. The number of halogens is 20. The summed E-state index contributed by atoms with van der Waals surface area (Å²) >= 11 is 0. The second-order valence-corrected chi connectivity index (χ2v) is 25.7. The molecule has 8 aliphatic rings. The van der Waals surface area contributed by atoms with Crippen LogP contribution in [0.1, 0.15) is 91.1 Å². The van der Waals surface area contributed by atoms with Crippen molar-refractivity contribution in [3.05, 3.63) is 281 Å². The Morgan fingerprint density at radius 2 is 0.325 bits per heavy atom.